The first kappa shape index (κ1) is 20.0. The smallest absolute Gasteiger partial charge is 0.0847 e. The first-order chi connectivity index (χ1) is 14.0. The van der Waals surface area contributed by atoms with Gasteiger partial charge in [0.1, 0.15) is 0 Å². The fraction of sp³-hybridized carbons (Fsp3) is 0.480. The van der Waals surface area contributed by atoms with E-state index in [1.165, 1.54) is 46.4 Å². The Hall–Kier alpha value is -2.33. The summed E-state index contributed by atoms with van der Waals surface area (Å²) < 4.78 is 0. The normalized spacial score (nSPS) is 22.7. The van der Waals surface area contributed by atoms with Gasteiger partial charge in [0.05, 0.1) is 23.9 Å². The van der Waals surface area contributed by atoms with E-state index in [1.54, 1.807) is 0 Å². The highest BCUT2D eigenvalue weighted by atomic mass is 14.9. The lowest BCUT2D eigenvalue weighted by atomic mass is 9.87. The van der Waals surface area contributed by atoms with Crippen LogP contribution in [0.2, 0.25) is 0 Å². The molecule has 3 heterocycles. The van der Waals surface area contributed by atoms with Gasteiger partial charge in [-0.15, -0.1) is 0 Å². The summed E-state index contributed by atoms with van der Waals surface area (Å²) in [5.74, 6) is 0.688. The molecule has 0 spiro atoms. The first-order valence-corrected chi connectivity index (χ1v) is 10.8. The average Bonchev–Trinajstić information content (AvgIpc) is 3.09. The van der Waals surface area contributed by atoms with E-state index in [9.17, 15) is 0 Å². The molecule has 4 rings (SSSR count). The summed E-state index contributed by atoms with van der Waals surface area (Å²) in [4.78, 5) is 14.6. The van der Waals surface area contributed by atoms with Crippen LogP contribution in [0.15, 0.2) is 46.0 Å². The van der Waals surface area contributed by atoms with Crippen molar-refractivity contribution >= 4 is 28.0 Å². The summed E-state index contributed by atoms with van der Waals surface area (Å²) >= 11 is 0. The van der Waals surface area contributed by atoms with Crippen molar-refractivity contribution < 1.29 is 0 Å². The van der Waals surface area contributed by atoms with E-state index in [4.69, 9.17) is 9.98 Å². The quantitative estimate of drug-likeness (QED) is 0.688. The SMILES string of the molecule is CC1=CC(CC(C[C@@H]2CCN[C@H](C)C2)=Nc2cnc3ccc(C)cc3c2C)=NC1. The molecule has 0 aliphatic carbocycles. The van der Waals surface area contributed by atoms with Crippen LogP contribution in [0.25, 0.3) is 10.9 Å². The van der Waals surface area contributed by atoms with E-state index in [1.807, 2.05) is 6.20 Å². The molecule has 1 N–H and O–H groups in total. The van der Waals surface area contributed by atoms with Crippen LogP contribution in [0.5, 0.6) is 0 Å². The highest BCUT2D eigenvalue weighted by Gasteiger charge is 2.21. The highest BCUT2D eigenvalue weighted by Crippen LogP contribution is 2.29. The molecular weight excluding hydrogens is 356 g/mol. The zero-order chi connectivity index (χ0) is 20.4. The summed E-state index contributed by atoms with van der Waals surface area (Å²) in [5.41, 5.74) is 8.27. The minimum atomic E-state index is 0.591. The molecular formula is C25H32N4. The Morgan fingerprint density at radius 3 is 2.86 bits per heavy atom. The average molecular weight is 389 g/mol. The largest absolute Gasteiger partial charge is 0.314 e. The fourth-order valence-corrected chi connectivity index (χ4v) is 4.54. The molecule has 2 aromatic rings. The Labute approximate surface area is 174 Å². The van der Waals surface area contributed by atoms with E-state index in [0.717, 1.165) is 37.1 Å². The summed E-state index contributed by atoms with van der Waals surface area (Å²) in [6.07, 6.45) is 8.50. The van der Waals surface area contributed by atoms with Crippen LogP contribution in [-0.4, -0.2) is 35.5 Å². The van der Waals surface area contributed by atoms with Gasteiger partial charge in [-0.1, -0.05) is 17.2 Å². The van der Waals surface area contributed by atoms with Crippen molar-refractivity contribution in [3.63, 3.8) is 0 Å². The van der Waals surface area contributed by atoms with E-state index < -0.39 is 0 Å². The standard InChI is InChI=1S/C25H32N4/c1-16-5-6-24-23(10-16)19(4)25(15-28-24)29-22(13-21-9-17(2)14-27-21)12-20-7-8-26-18(3)11-20/h5-6,9-10,15,18,20,26H,7-8,11-14H2,1-4H3/t18-,20-/m1/s1. The Morgan fingerprint density at radius 1 is 1.24 bits per heavy atom. The molecule has 4 heteroatoms. The number of aliphatic imine (C=N–C) groups is 2. The number of fused-ring (bicyclic) bond motifs is 1. The van der Waals surface area contributed by atoms with Crippen LogP contribution in [0, 0.1) is 19.8 Å². The highest BCUT2D eigenvalue weighted by molar-refractivity contribution is 6.11. The molecule has 0 amide bonds. The number of nitrogens with one attached hydrogen (secondary N) is 1. The zero-order valence-electron chi connectivity index (χ0n) is 18.1. The van der Waals surface area contributed by atoms with E-state index in [-0.39, 0.29) is 0 Å². The molecule has 0 bridgehead atoms. The maximum absolute atomic E-state index is 5.17. The number of benzene rings is 1. The monoisotopic (exact) mass is 388 g/mol. The third kappa shape index (κ3) is 4.81. The fourth-order valence-electron chi connectivity index (χ4n) is 4.54. The number of aryl methyl sites for hydroxylation is 2. The molecule has 1 saturated heterocycles. The van der Waals surface area contributed by atoms with Crippen molar-refractivity contribution in [2.24, 2.45) is 15.9 Å². The van der Waals surface area contributed by atoms with Gasteiger partial charge in [-0.25, -0.2) is 0 Å². The molecule has 29 heavy (non-hydrogen) atoms. The Bertz CT molecular complexity index is 999. The molecule has 2 aliphatic heterocycles. The molecule has 0 unspecified atom stereocenters. The lowest BCUT2D eigenvalue weighted by Gasteiger charge is -2.28. The van der Waals surface area contributed by atoms with Crippen molar-refractivity contribution in [3.8, 4) is 0 Å². The van der Waals surface area contributed by atoms with Gasteiger partial charge in [0, 0.05) is 29.3 Å². The molecule has 1 fully saturated rings. The number of hydrogen-bond donors (Lipinski definition) is 1. The van der Waals surface area contributed by atoms with Gasteiger partial charge >= 0.3 is 0 Å². The van der Waals surface area contributed by atoms with Crippen LogP contribution >= 0.6 is 0 Å². The van der Waals surface area contributed by atoms with Gasteiger partial charge in [-0.2, -0.15) is 0 Å². The lowest BCUT2D eigenvalue weighted by molar-refractivity contribution is 0.322. The summed E-state index contributed by atoms with van der Waals surface area (Å²) in [6.45, 7) is 10.7. The van der Waals surface area contributed by atoms with Gasteiger partial charge in [-0.3, -0.25) is 15.0 Å². The second-order valence-corrected chi connectivity index (χ2v) is 8.89. The maximum atomic E-state index is 5.17. The van der Waals surface area contributed by atoms with Crippen molar-refractivity contribution in [1.82, 2.24) is 10.3 Å². The topological polar surface area (TPSA) is 49.6 Å². The Morgan fingerprint density at radius 2 is 2.10 bits per heavy atom. The molecule has 0 radical (unpaired) electrons. The maximum Gasteiger partial charge on any atom is 0.0847 e. The molecule has 4 nitrogen and oxygen atoms in total. The summed E-state index contributed by atoms with van der Waals surface area (Å²) in [5, 5.41) is 4.77. The Kier molecular flexibility index (Phi) is 5.91. The molecule has 2 atom stereocenters. The van der Waals surface area contributed by atoms with Crippen LogP contribution in [0.3, 0.4) is 0 Å². The molecule has 2 aliphatic rings. The third-order valence-corrected chi connectivity index (χ3v) is 6.13. The Balaban J connectivity index is 1.66. The number of pyridine rings is 1. The van der Waals surface area contributed by atoms with Crippen LogP contribution < -0.4 is 5.32 Å². The number of piperidine rings is 1. The van der Waals surface area contributed by atoms with Gasteiger partial charge < -0.3 is 5.32 Å². The third-order valence-electron chi connectivity index (χ3n) is 6.13. The predicted octanol–water partition coefficient (Wildman–Crippen LogP) is 5.49. The van der Waals surface area contributed by atoms with Crippen LogP contribution in [0.1, 0.15) is 50.7 Å². The molecule has 1 aromatic carbocycles. The van der Waals surface area contributed by atoms with Gasteiger partial charge in [0.2, 0.25) is 0 Å². The number of allylic oxidation sites excluding steroid dienone is 1. The lowest BCUT2D eigenvalue weighted by Crippen LogP contribution is -2.36. The van der Waals surface area contributed by atoms with Gasteiger partial charge in [0.25, 0.3) is 0 Å². The van der Waals surface area contributed by atoms with Crippen molar-refractivity contribution in [2.75, 3.05) is 13.1 Å². The van der Waals surface area contributed by atoms with Crippen molar-refractivity contribution in [1.29, 1.82) is 0 Å². The van der Waals surface area contributed by atoms with E-state index in [0.29, 0.717) is 12.0 Å². The number of rotatable bonds is 5. The van der Waals surface area contributed by atoms with Crippen LogP contribution in [0.4, 0.5) is 5.69 Å². The second-order valence-electron chi connectivity index (χ2n) is 8.89. The van der Waals surface area contributed by atoms with E-state index >= 15 is 0 Å². The molecule has 0 saturated carbocycles. The number of hydrogen-bond acceptors (Lipinski definition) is 4. The number of nitrogens with zero attached hydrogens (tertiary/aromatic N) is 3. The molecule has 152 valence electrons. The van der Waals surface area contributed by atoms with Crippen molar-refractivity contribution in [3.05, 3.63) is 47.2 Å². The zero-order valence-corrected chi connectivity index (χ0v) is 18.1. The first-order valence-electron chi connectivity index (χ1n) is 10.8. The van der Waals surface area contributed by atoms with Gasteiger partial charge in [0.15, 0.2) is 0 Å². The predicted molar refractivity (Wildman–Crippen MR) is 124 cm³/mol. The van der Waals surface area contributed by atoms with E-state index in [2.05, 4.69) is 62.3 Å². The molecule has 1 aromatic heterocycles. The minimum absolute atomic E-state index is 0.591. The van der Waals surface area contributed by atoms with Gasteiger partial charge in [-0.05, 0) is 83.2 Å². The van der Waals surface area contributed by atoms with Crippen molar-refractivity contribution in [2.45, 2.75) is 59.4 Å². The second kappa shape index (κ2) is 8.58. The summed E-state index contributed by atoms with van der Waals surface area (Å²) in [6, 6.07) is 7.03. The number of aromatic nitrogens is 1. The van der Waals surface area contributed by atoms with Crippen LogP contribution in [-0.2, 0) is 0 Å². The summed E-state index contributed by atoms with van der Waals surface area (Å²) in [7, 11) is 0. The minimum Gasteiger partial charge on any atom is -0.314 e.